The van der Waals surface area contributed by atoms with E-state index in [1.165, 1.54) is 37.7 Å². The third kappa shape index (κ3) is 3.60. The highest BCUT2D eigenvalue weighted by Crippen LogP contribution is 2.34. The minimum atomic E-state index is -0.679. The minimum Gasteiger partial charge on any atom is -0.345 e. The highest BCUT2D eigenvalue weighted by Gasteiger charge is 2.31. The van der Waals surface area contributed by atoms with Crippen LogP contribution in [0.1, 0.15) is 63.0 Å². The summed E-state index contributed by atoms with van der Waals surface area (Å²) in [5.41, 5.74) is 3.46. The van der Waals surface area contributed by atoms with Gasteiger partial charge < -0.3 is 4.74 Å². The van der Waals surface area contributed by atoms with E-state index in [0.717, 1.165) is 17.1 Å². The topological polar surface area (TPSA) is 27.7 Å². The normalized spacial score (nSPS) is 25.8. The van der Waals surface area contributed by atoms with Crippen LogP contribution < -0.4 is 0 Å². The summed E-state index contributed by atoms with van der Waals surface area (Å²) in [6, 6.07) is 8.78. The van der Waals surface area contributed by atoms with E-state index >= 15 is 0 Å². The van der Waals surface area contributed by atoms with E-state index < -0.39 is 5.79 Å². The standard InChI is InChI=1S/C19H26O3/c1-14(18-13-20-19(2,3)22-21-18)15-9-11-17(12-10-15)16-7-5-4-6-8-16/h9-12,16,18H,1,4-8,13H2,2-3H3. The van der Waals surface area contributed by atoms with E-state index in [2.05, 4.69) is 30.8 Å². The molecule has 3 rings (SSSR count). The van der Waals surface area contributed by atoms with Crippen molar-refractivity contribution in [2.45, 2.75) is 63.8 Å². The van der Waals surface area contributed by atoms with Gasteiger partial charge in [-0.1, -0.05) is 50.1 Å². The first kappa shape index (κ1) is 15.7. The molecule has 1 aliphatic carbocycles. The molecule has 120 valence electrons. The molecule has 0 aromatic heterocycles. The van der Waals surface area contributed by atoms with Gasteiger partial charge in [0.05, 0.1) is 6.61 Å². The lowest BCUT2D eigenvalue weighted by Gasteiger charge is -2.34. The summed E-state index contributed by atoms with van der Waals surface area (Å²) in [5, 5.41) is 0. The quantitative estimate of drug-likeness (QED) is 0.748. The van der Waals surface area contributed by atoms with Gasteiger partial charge in [-0.2, -0.15) is 0 Å². The first-order valence-electron chi connectivity index (χ1n) is 8.33. The second-order valence-corrected chi connectivity index (χ2v) is 6.86. The Morgan fingerprint density at radius 1 is 1.09 bits per heavy atom. The Hall–Kier alpha value is -1.16. The third-order valence-electron chi connectivity index (χ3n) is 4.69. The Morgan fingerprint density at radius 3 is 2.36 bits per heavy atom. The average molecular weight is 302 g/mol. The Kier molecular flexibility index (Phi) is 4.67. The molecule has 1 heterocycles. The molecule has 1 unspecified atom stereocenters. The fraction of sp³-hybridized carbons (Fsp3) is 0.579. The van der Waals surface area contributed by atoms with Crippen molar-refractivity contribution in [1.82, 2.24) is 0 Å². The molecule has 0 bridgehead atoms. The molecule has 1 aliphatic heterocycles. The molecule has 1 aromatic rings. The number of hydrogen-bond donors (Lipinski definition) is 0. The predicted molar refractivity (Wildman–Crippen MR) is 87.3 cm³/mol. The summed E-state index contributed by atoms with van der Waals surface area (Å²) in [7, 11) is 0. The highest BCUT2D eigenvalue weighted by molar-refractivity contribution is 5.67. The molecule has 1 atom stereocenters. The fourth-order valence-electron chi connectivity index (χ4n) is 3.25. The van der Waals surface area contributed by atoms with Crippen molar-refractivity contribution in [3.63, 3.8) is 0 Å². The van der Waals surface area contributed by atoms with E-state index in [4.69, 9.17) is 14.5 Å². The number of benzene rings is 1. The van der Waals surface area contributed by atoms with E-state index in [0.29, 0.717) is 6.61 Å². The highest BCUT2D eigenvalue weighted by atomic mass is 17.2. The van der Waals surface area contributed by atoms with Crippen LogP contribution in [-0.4, -0.2) is 18.5 Å². The summed E-state index contributed by atoms with van der Waals surface area (Å²) >= 11 is 0. The van der Waals surface area contributed by atoms with Gasteiger partial charge in [0.15, 0.2) is 5.79 Å². The molecule has 22 heavy (non-hydrogen) atoms. The van der Waals surface area contributed by atoms with Gasteiger partial charge in [0.1, 0.15) is 6.10 Å². The summed E-state index contributed by atoms with van der Waals surface area (Å²) in [5.74, 6) is 0.0520. The van der Waals surface area contributed by atoms with E-state index in [1.54, 1.807) is 0 Å². The van der Waals surface area contributed by atoms with E-state index in [1.807, 2.05) is 13.8 Å². The Labute approximate surface area is 133 Å². The lowest BCUT2D eigenvalue weighted by Crippen LogP contribution is -2.40. The zero-order chi connectivity index (χ0) is 15.6. The van der Waals surface area contributed by atoms with Gasteiger partial charge in [-0.25, -0.2) is 9.78 Å². The molecule has 0 radical (unpaired) electrons. The number of hydrogen-bond acceptors (Lipinski definition) is 3. The Balaban J connectivity index is 1.63. The number of ether oxygens (including phenoxy) is 1. The summed E-state index contributed by atoms with van der Waals surface area (Å²) < 4.78 is 5.63. The predicted octanol–water partition coefficient (Wildman–Crippen LogP) is 4.83. The van der Waals surface area contributed by atoms with Crippen molar-refractivity contribution in [3.8, 4) is 0 Å². The molecule has 0 spiro atoms. The molecular formula is C19H26O3. The molecular weight excluding hydrogens is 276 g/mol. The zero-order valence-electron chi connectivity index (χ0n) is 13.6. The van der Waals surface area contributed by atoms with Crippen LogP contribution in [0.5, 0.6) is 0 Å². The maximum atomic E-state index is 5.63. The van der Waals surface area contributed by atoms with Crippen molar-refractivity contribution >= 4 is 5.57 Å². The molecule has 1 saturated heterocycles. The van der Waals surface area contributed by atoms with Crippen LogP contribution in [0.4, 0.5) is 0 Å². The molecule has 0 amide bonds. The van der Waals surface area contributed by atoms with Crippen molar-refractivity contribution < 1.29 is 14.5 Å². The van der Waals surface area contributed by atoms with Crippen LogP contribution in [0.2, 0.25) is 0 Å². The zero-order valence-corrected chi connectivity index (χ0v) is 13.6. The van der Waals surface area contributed by atoms with Crippen molar-refractivity contribution in [2.24, 2.45) is 0 Å². The molecule has 2 fully saturated rings. The van der Waals surface area contributed by atoms with Gasteiger partial charge in [-0.15, -0.1) is 0 Å². The second kappa shape index (κ2) is 6.53. The van der Waals surface area contributed by atoms with E-state index in [-0.39, 0.29) is 6.10 Å². The largest absolute Gasteiger partial charge is 0.345 e. The maximum Gasteiger partial charge on any atom is 0.196 e. The molecule has 0 N–H and O–H groups in total. The van der Waals surface area contributed by atoms with Crippen LogP contribution in [-0.2, 0) is 14.5 Å². The van der Waals surface area contributed by atoms with Crippen LogP contribution in [0.25, 0.3) is 5.57 Å². The smallest absolute Gasteiger partial charge is 0.196 e. The van der Waals surface area contributed by atoms with Gasteiger partial charge in [0.25, 0.3) is 0 Å². The summed E-state index contributed by atoms with van der Waals surface area (Å²) in [4.78, 5) is 10.7. The van der Waals surface area contributed by atoms with Gasteiger partial charge in [-0.05, 0) is 49.3 Å². The van der Waals surface area contributed by atoms with Crippen LogP contribution in [0, 0.1) is 0 Å². The molecule has 2 aliphatic rings. The monoisotopic (exact) mass is 302 g/mol. The van der Waals surface area contributed by atoms with Crippen molar-refractivity contribution in [1.29, 1.82) is 0 Å². The Morgan fingerprint density at radius 2 is 1.77 bits per heavy atom. The van der Waals surface area contributed by atoms with Crippen molar-refractivity contribution in [3.05, 3.63) is 42.0 Å². The minimum absolute atomic E-state index is 0.242. The second-order valence-electron chi connectivity index (χ2n) is 6.86. The maximum absolute atomic E-state index is 5.63. The lowest BCUT2D eigenvalue weighted by molar-refractivity contribution is -0.467. The first-order valence-corrected chi connectivity index (χ1v) is 8.33. The van der Waals surface area contributed by atoms with Gasteiger partial charge in [-0.3, -0.25) is 0 Å². The molecule has 3 nitrogen and oxygen atoms in total. The molecule has 1 aromatic carbocycles. The fourth-order valence-corrected chi connectivity index (χ4v) is 3.25. The number of rotatable bonds is 3. The van der Waals surface area contributed by atoms with Gasteiger partial charge >= 0.3 is 0 Å². The average Bonchev–Trinajstić information content (AvgIpc) is 2.55. The van der Waals surface area contributed by atoms with Crippen LogP contribution in [0.15, 0.2) is 30.8 Å². The third-order valence-corrected chi connectivity index (χ3v) is 4.69. The van der Waals surface area contributed by atoms with Crippen LogP contribution in [0.3, 0.4) is 0 Å². The lowest BCUT2D eigenvalue weighted by atomic mass is 9.83. The summed E-state index contributed by atoms with van der Waals surface area (Å²) in [6.07, 6.45) is 6.51. The van der Waals surface area contributed by atoms with Gasteiger partial charge in [0, 0.05) is 0 Å². The molecule has 3 heteroatoms. The summed E-state index contributed by atoms with van der Waals surface area (Å²) in [6.45, 7) is 8.30. The van der Waals surface area contributed by atoms with Gasteiger partial charge in [0.2, 0.25) is 0 Å². The molecule has 1 saturated carbocycles. The van der Waals surface area contributed by atoms with Crippen LogP contribution >= 0.6 is 0 Å². The first-order chi connectivity index (χ1) is 10.6. The van der Waals surface area contributed by atoms with Crippen molar-refractivity contribution in [2.75, 3.05) is 6.61 Å². The van der Waals surface area contributed by atoms with E-state index in [9.17, 15) is 0 Å². The SMILES string of the molecule is C=C(c1ccc(C2CCCCC2)cc1)C1COC(C)(C)OO1. The Bertz CT molecular complexity index is 502.